The first-order valence-electron chi connectivity index (χ1n) is 12.7. The highest BCUT2D eigenvalue weighted by Crippen LogP contribution is 2.41. The number of ether oxygens (including phenoxy) is 3. The van der Waals surface area contributed by atoms with Crippen LogP contribution >= 0.6 is 0 Å². The molecule has 14 nitrogen and oxygen atoms in total. The minimum atomic E-state index is -1.14. The van der Waals surface area contributed by atoms with Crippen molar-refractivity contribution >= 4 is 41.0 Å². The molecular formula is C26H29N7O7. The molecule has 0 spiro atoms. The van der Waals surface area contributed by atoms with Crippen LogP contribution in [-0.2, 0) is 23.8 Å². The van der Waals surface area contributed by atoms with Crippen LogP contribution in [0.5, 0.6) is 0 Å². The maximum Gasteiger partial charge on any atom is 0.323 e. The van der Waals surface area contributed by atoms with E-state index in [0.717, 1.165) is 5.56 Å². The maximum atomic E-state index is 12.2. The third-order valence-electron chi connectivity index (χ3n) is 6.49. The zero-order valence-electron chi connectivity index (χ0n) is 21.8. The summed E-state index contributed by atoms with van der Waals surface area (Å²) in [6.07, 6.45) is 3.00. The minimum absolute atomic E-state index is 0.0244. The Morgan fingerprint density at radius 3 is 2.60 bits per heavy atom. The molecule has 2 fully saturated rings. The molecule has 14 heteroatoms. The van der Waals surface area contributed by atoms with Gasteiger partial charge in [0.05, 0.1) is 12.9 Å². The Bertz CT molecular complexity index is 1410. The maximum absolute atomic E-state index is 12.2. The van der Waals surface area contributed by atoms with Crippen molar-refractivity contribution in [2.45, 2.75) is 44.7 Å². The topological polar surface area (TPSA) is 170 Å². The summed E-state index contributed by atoms with van der Waals surface area (Å²) < 4.78 is 20.4. The Balaban J connectivity index is 1.44. The van der Waals surface area contributed by atoms with Crippen molar-refractivity contribution in [3.05, 3.63) is 54.6 Å². The molecule has 4 unspecified atom stereocenters. The minimum Gasteiger partial charge on any atom is -0.480 e. The van der Waals surface area contributed by atoms with E-state index < -0.39 is 55.3 Å². The number of nitrogens with one attached hydrogen (secondary N) is 2. The van der Waals surface area contributed by atoms with Crippen molar-refractivity contribution in [3.8, 4) is 0 Å². The zero-order valence-corrected chi connectivity index (χ0v) is 21.8. The lowest BCUT2D eigenvalue weighted by Crippen LogP contribution is -2.43. The molecule has 3 aromatic rings. The van der Waals surface area contributed by atoms with Crippen LogP contribution < -0.4 is 10.6 Å². The van der Waals surface area contributed by atoms with E-state index in [0.29, 0.717) is 17.7 Å². The molecule has 4 heterocycles. The Hall–Kier alpha value is -4.40. The van der Waals surface area contributed by atoms with Crippen LogP contribution in [0, 0.1) is 0 Å². The number of carbonyl (C=O) groups excluding carboxylic acids is 2. The van der Waals surface area contributed by atoms with Gasteiger partial charge in [-0.05, 0) is 18.6 Å². The molecule has 1 aromatic carbocycles. The number of aromatic nitrogens is 4. The first-order valence-corrected chi connectivity index (χ1v) is 12.7. The van der Waals surface area contributed by atoms with E-state index in [2.05, 4.69) is 25.6 Å². The lowest BCUT2D eigenvalue weighted by atomic mass is 10.1. The largest absolute Gasteiger partial charge is 0.480 e. The second-order valence-electron chi connectivity index (χ2n) is 9.23. The van der Waals surface area contributed by atoms with E-state index in [-0.39, 0.29) is 12.4 Å². The highest BCUT2D eigenvalue weighted by atomic mass is 16.8. The van der Waals surface area contributed by atoms with Crippen LogP contribution in [0.25, 0.3) is 17.2 Å². The van der Waals surface area contributed by atoms with Crippen molar-refractivity contribution in [2.75, 3.05) is 25.0 Å². The molecule has 0 bridgehead atoms. The van der Waals surface area contributed by atoms with Crippen LogP contribution in [-0.4, -0.2) is 91.7 Å². The summed E-state index contributed by atoms with van der Waals surface area (Å²) in [5.41, 5.74) is 1.69. The summed E-state index contributed by atoms with van der Waals surface area (Å²) in [6, 6.07) is 9.22. The summed E-state index contributed by atoms with van der Waals surface area (Å²) in [5.74, 6) is -1.33. The van der Waals surface area contributed by atoms with Crippen LogP contribution in [0.4, 0.5) is 10.6 Å². The van der Waals surface area contributed by atoms with Gasteiger partial charge in [0.15, 0.2) is 29.5 Å². The van der Waals surface area contributed by atoms with Crippen molar-refractivity contribution in [1.82, 2.24) is 29.7 Å². The molecule has 40 heavy (non-hydrogen) atoms. The number of fused-ring (bicyclic) bond motifs is 2. The number of carboxylic acid groups (broad SMARTS) is 1. The van der Waals surface area contributed by atoms with Gasteiger partial charge in [-0.15, -0.1) is 0 Å². The van der Waals surface area contributed by atoms with Crippen molar-refractivity contribution in [3.63, 3.8) is 0 Å². The molecule has 3 amide bonds. The highest BCUT2D eigenvalue weighted by molar-refractivity contribution is 5.95. The molecule has 2 saturated heterocycles. The van der Waals surface area contributed by atoms with Gasteiger partial charge in [-0.25, -0.2) is 19.7 Å². The van der Waals surface area contributed by atoms with Gasteiger partial charge in [0.1, 0.15) is 31.2 Å². The first kappa shape index (κ1) is 27.2. The fraction of sp³-hybridized carbons (Fsp3) is 0.385. The number of nitrogens with zero attached hydrogens (tertiary/aromatic N) is 5. The van der Waals surface area contributed by atoms with Crippen LogP contribution in [0.1, 0.15) is 25.6 Å². The third-order valence-corrected chi connectivity index (χ3v) is 6.49. The molecule has 0 saturated carbocycles. The molecule has 2 aliphatic heterocycles. The first-order chi connectivity index (χ1) is 19.3. The second-order valence-corrected chi connectivity index (χ2v) is 9.23. The van der Waals surface area contributed by atoms with Crippen LogP contribution in [0.2, 0.25) is 0 Å². The van der Waals surface area contributed by atoms with Crippen molar-refractivity contribution in [2.24, 2.45) is 0 Å². The summed E-state index contributed by atoms with van der Waals surface area (Å²) in [7, 11) is 0. The normalized spacial score (nSPS) is 23.8. The molecule has 2 aliphatic rings. The zero-order chi connectivity index (χ0) is 28.2. The number of carbonyl (C=O) groups is 3. The molecule has 2 aromatic heterocycles. The number of amides is 3. The number of anilines is 1. The Morgan fingerprint density at radius 2 is 1.88 bits per heavy atom. The molecule has 0 aliphatic carbocycles. The number of aliphatic carboxylic acids is 1. The molecule has 5 atom stereocenters. The van der Waals surface area contributed by atoms with Gasteiger partial charge in [-0.2, -0.15) is 0 Å². The number of benzene rings is 1. The lowest BCUT2D eigenvalue weighted by molar-refractivity contribution is -0.149. The molecule has 0 radical (unpaired) electrons. The smallest absolute Gasteiger partial charge is 0.323 e. The Kier molecular flexibility index (Phi) is 8.00. The Labute approximate surface area is 229 Å². The van der Waals surface area contributed by atoms with Crippen LogP contribution in [0.3, 0.4) is 0 Å². The molecule has 210 valence electrons. The fourth-order valence-electron chi connectivity index (χ4n) is 4.70. The van der Waals surface area contributed by atoms with Gasteiger partial charge in [0.2, 0.25) is 5.91 Å². The highest BCUT2D eigenvalue weighted by Gasteiger charge is 2.54. The van der Waals surface area contributed by atoms with Crippen molar-refractivity contribution in [1.29, 1.82) is 0 Å². The van der Waals surface area contributed by atoms with Gasteiger partial charge >= 0.3 is 12.0 Å². The predicted molar refractivity (Wildman–Crippen MR) is 141 cm³/mol. The molecule has 3 N–H and O–H groups in total. The number of carboxylic acids is 1. The van der Waals surface area contributed by atoms with Gasteiger partial charge in [0, 0.05) is 13.5 Å². The average molecular weight is 552 g/mol. The van der Waals surface area contributed by atoms with Gasteiger partial charge in [-0.3, -0.25) is 19.5 Å². The number of rotatable bonds is 9. The summed E-state index contributed by atoms with van der Waals surface area (Å²) in [4.78, 5) is 49.7. The Morgan fingerprint density at radius 1 is 1.10 bits per heavy atom. The van der Waals surface area contributed by atoms with E-state index in [1.807, 2.05) is 36.4 Å². The monoisotopic (exact) mass is 551 g/mol. The third kappa shape index (κ3) is 5.78. The second kappa shape index (κ2) is 11.8. The lowest BCUT2D eigenvalue weighted by Gasteiger charge is -2.25. The standard InChI is InChI=1S/C26H29N7O7/c1-3-27-26(37)31-23-20-24(29-13-28-23)33(14-30-20)25-22-21(17(38-25)11-32(15(2)34)12-18(35)36)39-19(40-22)10-9-16-7-5-4-6-8-16/h4-10,13-14,17,19,21-22,25H,3,11-12H2,1-2H3,(H,35,36)(H2,27,28,29,31,37)/b10-9+/t17?,19-,21?,22?,25?/m0/s1. The van der Waals surface area contributed by atoms with E-state index in [4.69, 9.17) is 14.2 Å². The average Bonchev–Trinajstić information content (AvgIpc) is 3.62. The number of hydrogen-bond donors (Lipinski definition) is 3. The summed E-state index contributed by atoms with van der Waals surface area (Å²) in [5, 5.41) is 14.6. The predicted octanol–water partition coefficient (Wildman–Crippen LogP) is 1.62. The van der Waals surface area contributed by atoms with E-state index in [1.54, 1.807) is 17.6 Å². The van der Waals surface area contributed by atoms with E-state index >= 15 is 0 Å². The quantitative estimate of drug-likeness (QED) is 0.355. The fourth-order valence-corrected chi connectivity index (χ4v) is 4.70. The van der Waals surface area contributed by atoms with Crippen LogP contribution in [0.15, 0.2) is 49.1 Å². The molecule has 5 rings (SSSR count). The summed E-state index contributed by atoms with van der Waals surface area (Å²) >= 11 is 0. The van der Waals surface area contributed by atoms with Gasteiger partial charge in [0.25, 0.3) is 0 Å². The number of imidazole rings is 1. The number of urea groups is 1. The number of hydrogen-bond acceptors (Lipinski definition) is 9. The molecular weight excluding hydrogens is 522 g/mol. The van der Waals surface area contributed by atoms with Gasteiger partial charge < -0.3 is 29.5 Å². The van der Waals surface area contributed by atoms with E-state index in [1.165, 1.54) is 24.5 Å². The summed E-state index contributed by atoms with van der Waals surface area (Å²) in [6.45, 7) is 3.03. The van der Waals surface area contributed by atoms with Gasteiger partial charge in [-0.1, -0.05) is 36.4 Å². The SMILES string of the molecule is CCNC(=O)Nc1ncnc2c1ncn2C1OC(CN(CC(=O)O)C(C)=O)C2O[C@H](/C=C/c3ccccc3)OC21. The van der Waals surface area contributed by atoms with Crippen molar-refractivity contribution < 1.29 is 33.7 Å². The van der Waals surface area contributed by atoms with E-state index in [9.17, 15) is 19.5 Å².